The summed E-state index contributed by atoms with van der Waals surface area (Å²) in [5.74, 6) is -0.522. The Kier molecular flexibility index (Phi) is 8.23. The van der Waals surface area contributed by atoms with Gasteiger partial charge in [0.15, 0.2) is 5.88 Å². The maximum Gasteiger partial charge on any atom is 0.337 e. The molecule has 0 spiro atoms. The summed E-state index contributed by atoms with van der Waals surface area (Å²) < 4.78 is 4.83. The molecule has 1 amide bonds. The number of fused-ring (bicyclic) bond motifs is 1. The van der Waals surface area contributed by atoms with Gasteiger partial charge in [0.05, 0.1) is 29.6 Å². The number of carbonyl (C=O) groups excluding carboxylic acids is 2. The monoisotopic (exact) mass is 512 g/mol. The highest BCUT2D eigenvalue weighted by molar-refractivity contribution is 6.22. The van der Waals surface area contributed by atoms with Gasteiger partial charge in [-0.25, -0.2) is 9.79 Å². The van der Waals surface area contributed by atoms with Crippen LogP contribution in [0.15, 0.2) is 77.8 Å². The number of esters is 1. The van der Waals surface area contributed by atoms with Gasteiger partial charge in [-0.1, -0.05) is 36.4 Å². The average Bonchev–Trinajstić information content (AvgIpc) is 3.24. The highest BCUT2D eigenvalue weighted by atomic mass is 16.5. The molecule has 0 aliphatic carbocycles. The van der Waals surface area contributed by atoms with E-state index in [0.717, 1.165) is 29.6 Å². The molecule has 0 saturated carbocycles. The molecule has 4 rings (SSSR count). The van der Waals surface area contributed by atoms with E-state index >= 15 is 0 Å². The van der Waals surface area contributed by atoms with Crippen molar-refractivity contribution in [2.24, 2.45) is 4.99 Å². The van der Waals surface area contributed by atoms with Crippen LogP contribution in [0.25, 0.3) is 10.9 Å². The van der Waals surface area contributed by atoms with Crippen LogP contribution in [0.3, 0.4) is 0 Å². The minimum atomic E-state index is -0.458. The molecule has 1 heterocycles. The van der Waals surface area contributed by atoms with Gasteiger partial charge in [-0.15, -0.1) is 0 Å². The molecular formula is C30H32N4O4. The van der Waals surface area contributed by atoms with Crippen LogP contribution >= 0.6 is 0 Å². The number of benzene rings is 3. The van der Waals surface area contributed by atoms with Gasteiger partial charge in [0, 0.05) is 35.6 Å². The first-order chi connectivity index (χ1) is 18.3. The third kappa shape index (κ3) is 5.92. The minimum absolute atomic E-state index is 0.0139. The molecule has 0 radical (unpaired) electrons. The lowest BCUT2D eigenvalue weighted by Gasteiger charge is -2.22. The second kappa shape index (κ2) is 11.7. The number of anilines is 1. The molecular weight excluding hydrogens is 480 g/mol. The molecule has 8 heteroatoms. The van der Waals surface area contributed by atoms with E-state index in [-0.39, 0.29) is 11.8 Å². The van der Waals surface area contributed by atoms with Crippen LogP contribution in [0.5, 0.6) is 5.88 Å². The van der Waals surface area contributed by atoms with E-state index in [1.54, 1.807) is 30.0 Å². The van der Waals surface area contributed by atoms with E-state index in [9.17, 15) is 14.7 Å². The Morgan fingerprint density at radius 2 is 1.66 bits per heavy atom. The number of rotatable bonds is 9. The largest absolute Gasteiger partial charge is 0.494 e. The fourth-order valence-electron chi connectivity index (χ4n) is 4.38. The van der Waals surface area contributed by atoms with Crippen molar-refractivity contribution in [3.8, 4) is 5.88 Å². The van der Waals surface area contributed by atoms with Crippen LogP contribution in [0.2, 0.25) is 0 Å². The summed E-state index contributed by atoms with van der Waals surface area (Å²) >= 11 is 0. The minimum Gasteiger partial charge on any atom is -0.494 e. The SMILES string of the molecule is COC(=O)c1ccc2c(C(=Nc3ccc(N(CCCN(C)C)C(C)=O)cc3)c3ccccc3)c(O)[nH]c2c1. The van der Waals surface area contributed by atoms with Gasteiger partial charge in [0.1, 0.15) is 0 Å². The Balaban J connectivity index is 1.74. The maximum absolute atomic E-state index is 12.3. The van der Waals surface area contributed by atoms with Gasteiger partial charge < -0.3 is 24.6 Å². The van der Waals surface area contributed by atoms with Crippen molar-refractivity contribution < 1.29 is 19.4 Å². The van der Waals surface area contributed by atoms with E-state index in [0.29, 0.717) is 34.6 Å². The number of aromatic nitrogens is 1. The summed E-state index contributed by atoms with van der Waals surface area (Å²) in [6, 6.07) is 22.2. The van der Waals surface area contributed by atoms with E-state index in [4.69, 9.17) is 9.73 Å². The number of ether oxygens (including phenoxy) is 1. The zero-order chi connectivity index (χ0) is 27.2. The number of aromatic hydroxyl groups is 1. The second-order valence-corrected chi connectivity index (χ2v) is 9.27. The summed E-state index contributed by atoms with van der Waals surface area (Å²) in [6.45, 7) is 3.09. The summed E-state index contributed by atoms with van der Waals surface area (Å²) in [6.07, 6.45) is 0.863. The zero-order valence-corrected chi connectivity index (χ0v) is 22.1. The fourth-order valence-corrected chi connectivity index (χ4v) is 4.38. The normalized spacial score (nSPS) is 11.7. The van der Waals surface area contributed by atoms with Gasteiger partial charge in [0.2, 0.25) is 5.91 Å². The Bertz CT molecular complexity index is 1460. The summed E-state index contributed by atoms with van der Waals surface area (Å²) in [5, 5.41) is 11.7. The molecule has 0 saturated heterocycles. The van der Waals surface area contributed by atoms with Crippen LogP contribution in [-0.4, -0.2) is 66.9 Å². The van der Waals surface area contributed by atoms with Crippen molar-refractivity contribution in [3.63, 3.8) is 0 Å². The fraction of sp³-hybridized carbons (Fsp3) is 0.233. The van der Waals surface area contributed by atoms with Gasteiger partial charge in [0.25, 0.3) is 0 Å². The maximum atomic E-state index is 12.3. The van der Waals surface area contributed by atoms with Crippen LogP contribution in [0.1, 0.15) is 34.8 Å². The number of carbonyl (C=O) groups is 2. The predicted octanol–water partition coefficient (Wildman–Crippen LogP) is 5.13. The highest BCUT2D eigenvalue weighted by Gasteiger charge is 2.20. The number of aromatic amines is 1. The number of nitrogens with one attached hydrogen (secondary N) is 1. The molecule has 0 atom stereocenters. The average molecular weight is 513 g/mol. The molecule has 1 aromatic heterocycles. The van der Waals surface area contributed by atoms with Crippen LogP contribution in [0.4, 0.5) is 11.4 Å². The van der Waals surface area contributed by atoms with Gasteiger partial charge >= 0.3 is 5.97 Å². The molecule has 0 aliphatic rings. The molecule has 4 aromatic rings. The van der Waals surface area contributed by atoms with Gasteiger partial charge in [-0.3, -0.25) is 4.79 Å². The molecule has 0 bridgehead atoms. The quantitative estimate of drug-likeness (QED) is 0.239. The molecule has 0 aliphatic heterocycles. The Morgan fingerprint density at radius 3 is 2.29 bits per heavy atom. The second-order valence-electron chi connectivity index (χ2n) is 9.27. The summed E-state index contributed by atoms with van der Waals surface area (Å²) in [7, 11) is 5.35. The van der Waals surface area contributed by atoms with Gasteiger partial charge in [-0.05, 0) is 63.5 Å². The van der Waals surface area contributed by atoms with E-state index in [1.165, 1.54) is 7.11 Å². The van der Waals surface area contributed by atoms with E-state index in [2.05, 4.69) is 9.88 Å². The Labute approximate surface area is 222 Å². The van der Waals surface area contributed by atoms with Crippen molar-refractivity contribution >= 4 is 39.9 Å². The van der Waals surface area contributed by atoms with Crippen LogP contribution in [0, 0.1) is 0 Å². The van der Waals surface area contributed by atoms with Gasteiger partial charge in [-0.2, -0.15) is 0 Å². The van der Waals surface area contributed by atoms with Crippen molar-refractivity contribution in [2.45, 2.75) is 13.3 Å². The Morgan fingerprint density at radius 1 is 0.947 bits per heavy atom. The van der Waals surface area contributed by atoms with Crippen molar-refractivity contribution in [2.75, 3.05) is 39.2 Å². The standard InChI is InChI=1S/C30H32N4O4/c1-20(35)34(18-8-17-33(2)3)24-14-12-23(13-15-24)31-28(21-9-6-5-7-10-21)27-25-16-11-22(30(37)38-4)19-26(25)32-29(27)36/h5-7,9-16,19,32,36H,8,17-18H2,1-4H3. The third-order valence-corrected chi connectivity index (χ3v) is 6.25. The molecule has 196 valence electrons. The first-order valence-electron chi connectivity index (χ1n) is 12.4. The summed E-state index contributed by atoms with van der Waals surface area (Å²) in [4.78, 5) is 36.0. The van der Waals surface area contributed by atoms with Crippen molar-refractivity contribution in [1.29, 1.82) is 0 Å². The molecule has 0 fully saturated rings. The zero-order valence-electron chi connectivity index (χ0n) is 22.1. The number of aliphatic imine (C=N–C) groups is 1. The number of H-pyrrole nitrogens is 1. The van der Waals surface area contributed by atoms with Crippen LogP contribution in [-0.2, 0) is 9.53 Å². The predicted molar refractivity (Wildman–Crippen MR) is 151 cm³/mol. The first-order valence-corrected chi connectivity index (χ1v) is 12.4. The number of methoxy groups -OCH3 is 1. The lowest BCUT2D eigenvalue weighted by Crippen LogP contribution is -2.31. The highest BCUT2D eigenvalue weighted by Crippen LogP contribution is 2.32. The van der Waals surface area contributed by atoms with Crippen molar-refractivity contribution in [1.82, 2.24) is 9.88 Å². The molecule has 8 nitrogen and oxygen atoms in total. The number of hydrogen-bond acceptors (Lipinski definition) is 6. The van der Waals surface area contributed by atoms with E-state index in [1.807, 2.05) is 68.7 Å². The molecule has 0 unspecified atom stereocenters. The number of nitrogens with zero attached hydrogens (tertiary/aromatic N) is 3. The summed E-state index contributed by atoms with van der Waals surface area (Å²) in [5.41, 5.74) is 4.37. The lowest BCUT2D eigenvalue weighted by molar-refractivity contribution is -0.116. The topological polar surface area (TPSA) is 98.2 Å². The van der Waals surface area contributed by atoms with E-state index < -0.39 is 5.97 Å². The smallest absolute Gasteiger partial charge is 0.337 e. The molecule has 2 N–H and O–H groups in total. The Hall–Kier alpha value is -4.43. The van der Waals surface area contributed by atoms with Crippen molar-refractivity contribution in [3.05, 3.63) is 89.5 Å². The lowest BCUT2D eigenvalue weighted by atomic mass is 10.00. The third-order valence-electron chi connectivity index (χ3n) is 6.25. The molecule has 38 heavy (non-hydrogen) atoms. The molecule has 3 aromatic carbocycles. The number of amides is 1. The van der Waals surface area contributed by atoms with Crippen LogP contribution < -0.4 is 4.90 Å². The first kappa shape index (κ1) is 26.6. The number of hydrogen-bond donors (Lipinski definition) is 2.